The Labute approximate surface area is 116 Å². The van der Waals surface area contributed by atoms with Gasteiger partial charge in [0, 0.05) is 12.4 Å². The fourth-order valence-corrected chi connectivity index (χ4v) is 1.87. The Morgan fingerprint density at radius 1 is 1.00 bits per heavy atom. The minimum absolute atomic E-state index is 0.250. The van der Waals surface area contributed by atoms with Crippen LogP contribution in [-0.2, 0) is 11.3 Å². The molecule has 0 amide bonds. The lowest BCUT2D eigenvalue weighted by molar-refractivity contribution is 0.0472. The molecule has 98 valence electrons. The highest BCUT2D eigenvalue weighted by Crippen LogP contribution is 2.11. The van der Waals surface area contributed by atoms with Crippen LogP contribution in [-0.4, -0.2) is 15.9 Å². The number of nitrogens with zero attached hydrogens (tertiary/aromatic N) is 2. The monoisotopic (exact) mass is 264 g/mol. The second kappa shape index (κ2) is 5.48. The van der Waals surface area contributed by atoms with Gasteiger partial charge in [0.2, 0.25) is 0 Å². The van der Waals surface area contributed by atoms with E-state index < -0.39 is 5.97 Å². The van der Waals surface area contributed by atoms with E-state index in [1.54, 1.807) is 12.3 Å². The van der Waals surface area contributed by atoms with Gasteiger partial charge in [0.25, 0.3) is 0 Å². The number of aromatic nitrogens is 2. The molecule has 1 aromatic carbocycles. The molecule has 0 bridgehead atoms. The van der Waals surface area contributed by atoms with Crippen molar-refractivity contribution < 1.29 is 9.53 Å². The minimum Gasteiger partial charge on any atom is -0.457 e. The van der Waals surface area contributed by atoms with Gasteiger partial charge in [-0.2, -0.15) is 0 Å². The highest BCUT2D eigenvalue weighted by molar-refractivity contribution is 5.92. The van der Waals surface area contributed by atoms with Crippen LogP contribution in [0.2, 0.25) is 0 Å². The van der Waals surface area contributed by atoms with E-state index in [4.69, 9.17) is 4.74 Å². The van der Waals surface area contributed by atoms with E-state index in [0.717, 1.165) is 11.1 Å². The SMILES string of the molecule is O=C(OCc1ccccc1)c1cnc2cccnc2c1. The summed E-state index contributed by atoms with van der Waals surface area (Å²) in [5, 5.41) is 0. The smallest absolute Gasteiger partial charge is 0.340 e. The van der Waals surface area contributed by atoms with Crippen LogP contribution in [0.1, 0.15) is 15.9 Å². The van der Waals surface area contributed by atoms with Gasteiger partial charge in [-0.15, -0.1) is 0 Å². The van der Waals surface area contributed by atoms with Crippen LogP contribution in [0.5, 0.6) is 0 Å². The van der Waals surface area contributed by atoms with Gasteiger partial charge < -0.3 is 4.74 Å². The van der Waals surface area contributed by atoms with Crippen molar-refractivity contribution in [1.29, 1.82) is 0 Å². The summed E-state index contributed by atoms with van der Waals surface area (Å²) in [5.74, 6) is -0.395. The van der Waals surface area contributed by atoms with Crippen LogP contribution < -0.4 is 0 Å². The van der Waals surface area contributed by atoms with Crippen LogP contribution in [0.25, 0.3) is 11.0 Å². The molecule has 0 N–H and O–H groups in total. The van der Waals surface area contributed by atoms with Gasteiger partial charge in [-0.1, -0.05) is 30.3 Å². The van der Waals surface area contributed by atoms with Gasteiger partial charge in [-0.25, -0.2) is 4.79 Å². The Hall–Kier alpha value is -2.75. The molecule has 0 unspecified atom stereocenters. The molecule has 2 heterocycles. The summed E-state index contributed by atoms with van der Waals surface area (Å²) < 4.78 is 5.26. The third-order valence-electron chi connectivity index (χ3n) is 2.90. The van der Waals surface area contributed by atoms with E-state index in [-0.39, 0.29) is 6.61 Å². The molecule has 20 heavy (non-hydrogen) atoms. The molecule has 0 fully saturated rings. The average molecular weight is 264 g/mol. The molecule has 0 aliphatic heterocycles. The molecular weight excluding hydrogens is 252 g/mol. The largest absolute Gasteiger partial charge is 0.457 e. The fourth-order valence-electron chi connectivity index (χ4n) is 1.87. The molecule has 0 radical (unpaired) electrons. The van der Waals surface area contributed by atoms with Gasteiger partial charge in [-0.3, -0.25) is 9.97 Å². The van der Waals surface area contributed by atoms with E-state index >= 15 is 0 Å². The molecule has 0 aliphatic carbocycles. The van der Waals surface area contributed by atoms with E-state index in [0.29, 0.717) is 11.1 Å². The Bertz CT molecular complexity index is 742. The number of carbonyl (C=O) groups excluding carboxylic acids is 1. The van der Waals surface area contributed by atoms with Crippen molar-refractivity contribution in [2.45, 2.75) is 6.61 Å². The van der Waals surface area contributed by atoms with Crippen molar-refractivity contribution in [3.8, 4) is 0 Å². The van der Waals surface area contributed by atoms with Crippen LogP contribution in [0.4, 0.5) is 0 Å². The maximum Gasteiger partial charge on any atom is 0.340 e. The van der Waals surface area contributed by atoms with E-state index in [9.17, 15) is 4.79 Å². The van der Waals surface area contributed by atoms with Crippen molar-refractivity contribution in [2.24, 2.45) is 0 Å². The summed E-state index contributed by atoms with van der Waals surface area (Å²) >= 11 is 0. The van der Waals surface area contributed by atoms with E-state index in [1.807, 2.05) is 42.5 Å². The number of esters is 1. The first kappa shape index (κ1) is 12.3. The molecule has 0 aliphatic rings. The standard InChI is InChI=1S/C16H12N2O2/c19-16(20-11-12-5-2-1-3-6-12)13-9-15-14(18-10-13)7-4-8-17-15/h1-10H,11H2. The number of hydrogen-bond donors (Lipinski definition) is 0. The fraction of sp³-hybridized carbons (Fsp3) is 0.0625. The molecule has 0 spiro atoms. The van der Waals surface area contributed by atoms with Gasteiger partial charge in [-0.05, 0) is 23.8 Å². The van der Waals surface area contributed by atoms with Crippen molar-refractivity contribution in [2.75, 3.05) is 0 Å². The Kier molecular flexibility index (Phi) is 3.37. The molecular formula is C16H12N2O2. The quantitative estimate of drug-likeness (QED) is 0.682. The van der Waals surface area contributed by atoms with Gasteiger partial charge in [0.15, 0.2) is 0 Å². The van der Waals surface area contributed by atoms with Crippen molar-refractivity contribution >= 4 is 17.0 Å². The maximum absolute atomic E-state index is 12.0. The lowest BCUT2D eigenvalue weighted by Crippen LogP contribution is -2.06. The Balaban J connectivity index is 1.75. The predicted molar refractivity (Wildman–Crippen MR) is 75.1 cm³/mol. The predicted octanol–water partition coefficient (Wildman–Crippen LogP) is 2.99. The van der Waals surface area contributed by atoms with Gasteiger partial charge >= 0.3 is 5.97 Å². The molecule has 4 heteroatoms. The van der Waals surface area contributed by atoms with Crippen LogP contribution in [0.15, 0.2) is 60.9 Å². The molecule has 0 saturated heterocycles. The second-order valence-corrected chi connectivity index (χ2v) is 4.33. The lowest BCUT2D eigenvalue weighted by Gasteiger charge is -2.05. The second-order valence-electron chi connectivity index (χ2n) is 4.33. The molecule has 3 rings (SSSR count). The Morgan fingerprint density at radius 3 is 2.70 bits per heavy atom. The summed E-state index contributed by atoms with van der Waals surface area (Å²) in [6.45, 7) is 0.250. The summed E-state index contributed by atoms with van der Waals surface area (Å²) in [6.07, 6.45) is 3.18. The lowest BCUT2D eigenvalue weighted by atomic mass is 10.2. The molecule has 0 saturated carbocycles. The first-order chi connectivity index (χ1) is 9.83. The minimum atomic E-state index is -0.395. The number of carbonyl (C=O) groups is 1. The Morgan fingerprint density at radius 2 is 1.85 bits per heavy atom. The number of ether oxygens (including phenoxy) is 1. The first-order valence-electron chi connectivity index (χ1n) is 6.25. The van der Waals surface area contributed by atoms with Crippen molar-refractivity contribution in [3.63, 3.8) is 0 Å². The summed E-state index contributed by atoms with van der Waals surface area (Å²) in [6, 6.07) is 14.9. The van der Waals surface area contributed by atoms with Crippen molar-refractivity contribution in [3.05, 3.63) is 72.1 Å². The van der Waals surface area contributed by atoms with E-state index in [1.165, 1.54) is 6.20 Å². The maximum atomic E-state index is 12.0. The molecule has 3 aromatic rings. The summed E-state index contributed by atoms with van der Waals surface area (Å²) in [7, 11) is 0. The third kappa shape index (κ3) is 2.64. The van der Waals surface area contributed by atoms with Gasteiger partial charge in [0.1, 0.15) is 6.61 Å². The number of rotatable bonds is 3. The summed E-state index contributed by atoms with van der Waals surface area (Å²) in [4.78, 5) is 20.3. The highest BCUT2D eigenvalue weighted by Gasteiger charge is 2.09. The number of hydrogen-bond acceptors (Lipinski definition) is 4. The van der Waals surface area contributed by atoms with Gasteiger partial charge in [0.05, 0.1) is 16.6 Å². The molecule has 2 aromatic heterocycles. The zero-order chi connectivity index (χ0) is 13.8. The van der Waals surface area contributed by atoms with Crippen molar-refractivity contribution in [1.82, 2.24) is 9.97 Å². The number of fused-ring (bicyclic) bond motifs is 1. The van der Waals surface area contributed by atoms with Crippen LogP contribution in [0, 0.1) is 0 Å². The molecule has 4 nitrogen and oxygen atoms in total. The number of pyridine rings is 2. The zero-order valence-electron chi connectivity index (χ0n) is 10.7. The first-order valence-corrected chi connectivity index (χ1v) is 6.25. The summed E-state index contributed by atoms with van der Waals surface area (Å²) in [5.41, 5.74) is 2.80. The third-order valence-corrected chi connectivity index (χ3v) is 2.90. The average Bonchev–Trinajstić information content (AvgIpc) is 2.53. The number of benzene rings is 1. The molecule has 0 atom stereocenters. The highest BCUT2D eigenvalue weighted by atomic mass is 16.5. The van der Waals surface area contributed by atoms with Crippen LogP contribution in [0.3, 0.4) is 0 Å². The zero-order valence-corrected chi connectivity index (χ0v) is 10.7. The van der Waals surface area contributed by atoms with Crippen LogP contribution >= 0.6 is 0 Å². The topological polar surface area (TPSA) is 52.1 Å². The normalized spacial score (nSPS) is 10.4. The van der Waals surface area contributed by atoms with E-state index in [2.05, 4.69) is 9.97 Å².